The monoisotopic (exact) mass is 324 g/mol. The minimum Gasteiger partial charge on any atom is -0.296 e. The summed E-state index contributed by atoms with van der Waals surface area (Å²) in [4.78, 5) is 25.8. The number of thiazole rings is 1. The highest BCUT2D eigenvalue weighted by molar-refractivity contribution is 7.22. The first-order valence-electron chi connectivity index (χ1n) is 7.63. The van der Waals surface area contributed by atoms with Crippen molar-refractivity contribution in [2.75, 3.05) is 5.32 Å². The molecule has 0 aliphatic heterocycles. The van der Waals surface area contributed by atoms with Crippen molar-refractivity contribution in [2.24, 2.45) is 0 Å². The highest BCUT2D eigenvalue weighted by atomic mass is 32.1. The van der Waals surface area contributed by atoms with E-state index in [9.17, 15) is 4.79 Å². The van der Waals surface area contributed by atoms with Crippen molar-refractivity contribution in [3.05, 3.63) is 47.0 Å². The second-order valence-electron chi connectivity index (χ2n) is 5.92. The van der Waals surface area contributed by atoms with E-state index in [-0.39, 0.29) is 5.91 Å². The lowest BCUT2D eigenvalue weighted by molar-refractivity contribution is 0.102. The summed E-state index contributed by atoms with van der Waals surface area (Å²) in [6.07, 6.45) is 2.23. The fourth-order valence-electron chi connectivity index (χ4n) is 2.53. The van der Waals surface area contributed by atoms with Crippen LogP contribution in [0.3, 0.4) is 0 Å². The molecule has 5 nitrogen and oxygen atoms in total. The van der Waals surface area contributed by atoms with Gasteiger partial charge in [0.2, 0.25) is 0 Å². The Morgan fingerprint density at radius 3 is 2.78 bits per heavy atom. The fourth-order valence-corrected chi connectivity index (χ4v) is 3.47. The van der Waals surface area contributed by atoms with Crippen LogP contribution >= 0.6 is 11.3 Å². The molecule has 0 saturated heterocycles. The smallest absolute Gasteiger partial charge is 0.276 e. The largest absolute Gasteiger partial charge is 0.296 e. The highest BCUT2D eigenvalue weighted by Gasteiger charge is 2.27. The average molecular weight is 324 g/mol. The van der Waals surface area contributed by atoms with Crippen LogP contribution in [-0.2, 0) is 0 Å². The van der Waals surface area contributed by atoms with Crippen molar-refractivity contribution < 1.29 is 4.79 Å². The molecule has 23 heavy (non-hydrogen) atoms. The number of fused-ring (bicyclic) bond motifs is 1. The number of nitrogens with zero attached hydrogens (tertiary/aromatic N) is 3. The van der Waals surface area contributed by atoms with Gasteiger partial charge in [-0.25, -0.2) is 15.0 Å². The second-order valence-corrected chi connectivity index (χ2v) is 6.95. The molecule has 0 atom stereocenters. The molecule has 2 heterocycles. The Hall–Kier alpha value is -2.34. The Morgan fingerprint density at radius 2 is 2.04 bits per heavy atom. The predicted octanol–water partition coefficient (Wildman–Crippen LogP) is 3.83. The predicted molar refractivity (Wildman–Crippen MR) is 91.1 cm³/mol. The third kappa shape index (κ3) is 2.82. The number of hydrogen-bond donors (Lipinski definition) is 1. The number of hydrogen-bond acceptors (Lipinski definition) is 5. The van der Waals surface area contributed by atoms with Gasteiger partial charge in [0.25, 0.3) is 5.91 Å². The summed E-state index contributed by atoms with van der Waals surface area (Å²) in [5.41, 5.74) is 3.28. The van der Waals surface area contributed by atoms with Gasteiger partial charge in [0.05, 0.1) is 10.2 Å². The van der Waals surface area contributed by atoms with Crippen LogP contribution in [0.25, 0.3) is 10.2 Å². The third-order valence-electron chi connectivity index (χ3n) is 3.89. The van der Waals surface area contributed by atoms with Crippen molar-refractivity contribution in [1.82, 2.24) is 15.0 Å². The summed E-state index contributed by atoms with van der Waals surface area (Å²) in [7, 11) is 0. The zero-order chi connectivity index (χ0) is 16.0. The minimum atomic E-state index is -0.228. The van der Waals surface area contributed by atoms with Gasteiger partial charge in [0.15, 0.2) is 5.13 Å². The lowest BCUT2D eigenvalue weighted by atomic mass is 10.2. The van der Waals surface area contributed by atoms with E-state index in [0.29, 0.717) is 16.7 Å². The summed E-state index contributed by atoms with van der Waals surface area (Å²) < 4.78 is 1.07. The Morgan fingerprint density at radius 1 is 1.22 bits per heavy atom. The fraction of sp³-hybridized carbons (Fsp3) is 0.294. The summed E-state index contributed by atoms with van der Waals surface area (Å²) in [5, 5.41) is 3.47. The molecule has 3 aromatic rings. The maximum absolute atomic E-state index is 12.5. The Labute approximate surface area is 137 Å². The number of aryl methyl sites for hydroxylation is 2. The van der Waals surface area contributed by atoms with Crippen molar-refractivity contribution in [1.29, 1.82) is 0 Å². The summed E-state index contributed by atoms with van der Waals surface area (Å²) >= 11 is 1.48. The van der Waals surface area contributed by atoms with Gasteiger partial charge in [0.1, 0.15) is 11.5 Å². The molecule has 1 N–H and O–H groups in total. The number of amides is 1. The van der Waals surface area contributed by atoms with Crippen LogP contribution in [0.4, 0.5) is 5.13 Å². The van der Waals surface area contributed by atoms with Gasteiger partial charge in [-0.3, -0.25) is 10.1 Å². The molecular weight excluding hydrogens is 308 g/mol. The Balaban J connectivity index is 1.62. The van der Waals surface area contributed by atoms with E-state index < -0.39 is 0 Å². The molecule has 1 aliphatic rings. The summed E-state index contributed by atoms with van der Waals surface area (Å²) in [6, 6.07) is 7.75. The molecule has 0 radical (unpaired) electrons. The zero-order valence-corrected chi connectivity index (χ0v) is 13.8. The molecule has 0 unspecified atom stereocenters. The molecule has 1 aliphatic carbocycles. The summed E-state index contributed by atoms with van der Waals surface area (Å²) in [5.74, 6) is 0.982. The topological polar surface area (TPSA) is 67.8 Å². The number of aromatic nitrogens is 3. The van der Waals surface area contributed by atoms with Crippen molar-refractivity contribution in [2.45, 2.75) is 32.6 Å². The second kappa shape index (κ2) is 5.38. The van der Waals surface area contributed by atoms with Crippen LogP contribution in [0.2, 0.25) is 0 Å². The van der Waals surface area contributed by atoms with Gasteiger partial charge in [0, 0.05) is 11.6 Å². The first-order chi connectivity index (χ1) is 11.1. The van der Waals surface area contributed by atoms with Gasteiger partial charge in [-0.2, -0.15) is 0 Å². The third-order valence-corrected chi connectivity index (χ3v) is 4.82. The maximum Gasteiger partial charge on any atom is 0.276 e. The molecule has 0 spiro atoms. The molecule has 116 valence electrons. The molecule has 1 fully saturated rings. The Bertz CT molecular complexity index is 914. The minimum absolute atomic E-state index is 0.228. The van der Waals surface area contributed by atoms with Crippen molar-refractivity contribution >= 4 is 32.6 Å². The van der Waals surface area contributed by atoms with Crippen LogP contribution in [0.1, 0.15) is 46.3 Å². The number of nitrogens with one attached hydrogen (secondary N) is 1. The summed E-state index contributed by atoms with van der Waals surface area (Å²) in [6.45, 7) is 3.91. The van der Waals surface area contributed by atoms with Crippen molar-refractivity contribution in [3.63, 3.8) is 0 Å². The first-order valence-corrected chi connectivity index (χ1v) is 8.45. The SMILES string of the molecule is Cc1cc(C(=O)Nc2nc3c(C)cccc3s2)nc(C2CC2)n1. The first kappa shape index (κ1) is 14.3. The molecule has 1 saturated carbocycles. The van der Waals surface area contributed by atoms with E-state index in [2.05, 4.69) is 20.3 Å². The van der Waals surface area contributed by atoms with Crippen LogP contribution in [0.15, 0.2) is 24.3 Å². The number of carbonyl (C=O) groups is 1. The van der Waals surface area contributed by atoms with Crippen molar-refractivity contribution in [3.8, 4) is 0 Å². The molecule has 4 rings (SSSR count). The molecular formula is C17H16N4OS. The standard InChI is InChI=1S/C17H16N4OS/c1-9-4-3-5-13-14(9)20-17(23-13)21-16(22)12-8-10(2)18-15(19-12)11-6-7-11/h3-5,8,11H,6-7H2,1-2H3,(H,20,21,22). The number of anilines is 1. The van der Waals surface area contributed by atoms with E-state index in [4.69, 9.17) is 0 Å². The molecule has 1 amide bonds. The Kier molecular flexibility index (Phi) is 3.34. The van der Waals surface area contributed by atoms with E-state index in [1.54, 1.807) is 6.07 Å². The average Bonchev–Trinajstić information content (AvgIpc) is 3.28. The normalized spacial score (nSPS) is 14.2. The number of carbonyl (C=O) groups excluding carboxylic acids is 1. The van der Waals surface area contributed by atoms with Gasteiger partial charge in [-0.15, -0.1) is 0 Å². The lowest BCUT2D eigenvalue weighted by Crippen LogP contribution is -2.15. The van der Waals surface area contributed by atoms with E-state index in [0.717, 1.165) is 40.1 Å². The number of rotatable bonds is 3. The van der Waals surface area contributed by atoms with E-state index >= 15 is 0 Å². The molecule has 6 heteroatoms. The van der Waals surface area contributed by atoms with Gasteiger partial charge < -0.3 is 0 Å². The molecule has 0 bridgehead atoms. The van der Waals surface area contributed by atoms with E-state index in [1.807, 2.05) is 32.0 Å². The van der Waals surface area contributed by atoms with Crippen LogP contribution in [0.5, 0.6) is 0 Å². The maximum atomic E-state index is 12.5. The van der Waals surface area contributed by atoms with Crippen LogP contribution in [0, 0.1) is 13.8 Å². The quantitative estimate of drug-likeness (QED) is 0.795. The van der Waals surface area contributed by atoms with Gasteiger partial charge >= 0.3 is 0 Å². The lowest BCUT2D eigenvalue weighted by Gasteiger charge is -2.04. The van der Waals surface area contributed by atoms with Gasteiger partial charge in [-0.05, 0) is 44.4 Å². The van der Waals surface area contributed by atoms with E-state index in [1.165, 1.54) is 11.3 Å². The zero-order valence-electron chi connectivity index (χ0n) is 13.0. The number of para-hydroxylation sites is 1. The highest BCUT2D eigenvalue weighted by Crippen LogP contribution is 2.38. The molecule has 1 aromatic carbocycles. The van der Waals surface area contributed by atoms with Gasteiger partial charge in [-0.1, -0.05) is 23.5 Å². The van der Waals surface area contributed by atoms with Crippen LogP contribution in [-0.4, -0.2) is 20.9 Å². The molecule has 2 aromatic heterocycles. The van der Waals surface area contributed by atoms with Crippen LogP contribution < -0.4 is 5.32 Å². The number of benzene rings is 1.